The van der Waals surface area contributed by atoms with Gasteiger partial charge < -0.3 is 28.1 Å². The lowest BCUT2D eigenvalue weighted by Crippen LogP contribution is -2.10. The average molecular weight is 1660 g/mol. The Morgan fingerprint density at radius 1 is 0.123 bits per heavy atom. The number of hydrogen-bond acceptors (Lipinski definition) is 2. The topological polar surface area (TPSA) is 26.2 Å². The number of nitrogens with zero attached hydrogens (tertiary/aromatic N) is 6. The summed E-state index contributed by atoms with van der Waals surface area (Å²) in [4.78, 5) is 4.70. The summed E-state index contributed by atoms with van der Waals surface area (Å²) in [5.74, 6) is 0. The normalized spacial score (nSPS) is 11.7. The van der Waals surface area contributed by atoms with Gasteiger partial charge >= 0.3 is 0 Å². The zero-order valence-electron chi connectivity index (χ0n) is 71.0. The van der Waals surface area contributed by atoms with Gasteiger partial charge in [0.05, 0.1) is 44.1 Å². The Labute approximate surface area is 752 Å². The molecule has 4 heterocycles. The van der Waals surface area contributed by atoms with Crippen molar-refractivity contribution in [2.75, 3.05) is 9.80 Å². The highest BCUT2D eigenvalue weighted by Gasteiger charge is 2.25. The van der Waals surface area contributed by atoms with Crippen LogP contribution in [0.4, 0.5) is 34.1 Å². The van der Waals surface area contributed by atoms with Crippen molar-refractivity contribution in [3.63, 3.8) is 0 Å². The molecule has 0 fully saturated rings. The predicted octanol–water partition coefficient (Wildman–Crippen LogP) is 34.0. The highest BCUT2D eigenvalue weighted by atomic mass is 15.1. The molecular weight excluding hydrogens is 1570 g/mol. The van der Waals surface area contributed by atoms with Crippen molar-refractivity contribution in [3.8, 4) is 67.3 Å². The van der Waals surface area contributed by atoms with Crippen molar-refractivity contribution in [1.29, 1.82) is 0 Å². The van der Waals surface area contributed by atoms with E-state index in [0.29, 0.717) is 0 Å². The summed E-state index contributed by atoms with van der Waals surface area (Å²) >= 11 is 0. The third-order valence-corrected chi connectivity index (χ3v) is 26.5. The molecule has 4 aromatic heterocycles. The molecule has 130 heavy (non-hydrogen) atoms. The summed E-state index contributed by atoms with van der Waals surface area (Å²) in [5, 5.41) is 20.1. The lowest BCUT2D eigenvalue weighted by molar-refractivity contribution is 1.16. The zero-order chi connectivity index (χ0) is 85.7. The molecule has 0 radical (unpaired) electrons. The molecule has 0 saturated heterocycles. The lowest BCUT2D eigenvalue weighted by atomic mass is 10.0. The molecule has 6 heteroatoms. The second-order valence-electron chi connectivity index (χ2n) is 33.9. The van der Waals surface area contributed by atoms with E-state index in [0.717, 1.165) is 56.9 Å². The molecule has 608 valence electrons. The maximum atomic E-state index is 2.46. The first-order valence-corrected chi connectivity index (χ1v) is 44.7. The fraction of sp³-hybridized carbons (Fsp3) is 0. The minimum atomic E-state index is 1.08. The third-order valence-electron chi connectivity index (χ3n) is 26.5. The van der Waals surface area contributed by atoms with Gasteiger partial charge in [0, 0.05) is 100.0 Å². The van der Waals surface area contributed by atoms with E-state index in [-0.39, 0.29) is 0 Å². The van der Waals surface area contributed by atoms with Crippen LogP contribution in [0.2, 0.25) is 0 Å². The second kappa shape index (κ2) is 31.4. The van der Waals surface area contributed by atoms with Crippen molar-refractivity contribution < 1.29 is 0 Å². The molecule has 0 atom stereocenters. The van der Waals surface area contributed by atoms with Crippen molar-refractivity contribution >= 4 is 164 Å². The van der Waals surface area contributed by atoms with Gasteiger partial charge in [-0.25, -0.2) is 0 Å². The van der Waals surface area contributed by atoms with Gasteiger partial charge in [-0.15, -0.1) is 0 Å². The third kappa shape index (κ3) is 12.9. The zero-order valence-corrected chi connectivity index (χ0v) is 71.0. The smallest absolute Gasteiger partial charge is 0.0562 e. The Kier molecular flexibility index (Phi) is 18.2. The molecule has 26 aromatic rings. The highest BCUT2D eigenvalue weighted by Crippen LogP contribution is 2.48. The maximum Gasteiger partial charge on any atom is 0.0562 e. The molecule has 6 nitrogen and oxygen atoms in total. The molecule has 0 spiro atoms. The summed E-state index contributed by atoms with van der Waals surface area (Å²) in [6.07, 6.45) is 0. The molecule has 0 saturated carbocycles. The number of fused-ring (bicyclic) bond motifs is 18. The van der Waals surface area contributed by atoms with Crippen molar-refractivity contribution in [3.05, 3.63) is 497 Å². The summed E-state index contributed by atoms with van der Waals surface area (Å²) in [7, 11) is 0. The van der Waals surface area contributed by atoms with Gasteiger partial charge in [-0.3, -0.25) is 0 Å². The summed E-state index contributed by atoms with van der Waals surface area (Å²) in [5.41, 5.74) is 30.2. The van der Waals surface area contributed by atoms with Crippen LogP contribution in [0.25, 0.3) is 198 Å². The van der Waals surface area contributed by atoms with Gasteiger partial charge in [0.25, 0.3) is 0 Å². The largest absolute Gasteiger partial charge is 0.311 e. The van der Waals surface area contributed by atoms with Gasteiger partial charge in [-0.05, 0) is 270 Å². The van der Waals surface area contributed by atoms with Gasteiger partial charge in [0.15, 0.2) is 0 Å². The van der Waals surface area contributed by atoms with Gasteiger partial charge in [-0.2, -0.15) is 0 Å². The average Bonchev–Trinajstić information content (AvgIpc) is 1.55. The first kappa shape index (κ1) is 75.2. The van der Waals surface area contributed by atoms with Crippen LogP contribution in [0.1, 0.15) is 0 Å². The molecule has 0 amide bonds. The van der Waals surface area contributed by atoms with E-state index in [1.807, 2.05) is 0 Å². The second-order valence-corrected chi connectivity index (χ2v) is 33.9. The molecule has 0 N–H and O–H groups in total. The molecule has 0 unspecified atom stereocenters. The molecule has 26 rings (SSSR count). The molecule has 0 bridgehead atoms. The molecule has 0 aliphatic heterocycles. The standard InChI is InChI=1S/2C62H41N3/c1-3-16-49(17-4-1)63(52-34-29-45(30-35-52)48-24-23-42-13-7-8-15-47(42)39-48)51-32-25-43(26-33-51)44-27-36-53(37-28-44)65-59-38-31-46-14-9-10-20-54(46)62(59)57-40-56-55-21-11-12-22-58(55)64(60(56)41-61(57)65)50-18-5-2-6-19-50;1-3-13-42(14-4-1)44-25-30-50(31-26-44)63(51-32-27-45(28-33-51)48-24-23-43-15-7-8-17-47(43)39-48)52-34-36-53(37-35-52)65-59-38-29-46-16-9-10-20-54(46)62(59)57-40-56-55-21-11-12-22-58(55)64(60(56)41-61(57)65)49-18-5-2-6-19-49/h2*1-41H. The highest BCUT2D eigenvalue weighted by molar-refractivity contribution is 6.27. The minimum absolute atomic E-state index is 1.08. The number of para-hydroxylation sites is 5. The Morgan fingerprint density at radius 2 is 0.377 bits per heavy atom. The molecular formula is C124H82N6. The molecule has 22 aromatic carbocycles. The first-order chi connectivity index (χ1) is 64.5. The van der Waals surface area contributed by atoms with Crippen molar-refractivity contribution in [1.82, 2.24) is 18.3 Å². The monoisotopic (exact) mass is 1650 g/mol. The van der Waals surface area contributed by atoms with Crippen LogP contribution >= 0.6 is 0 Å². The van der Waals surface area contributed by atoms with Crippen LogP contribution in [0.5, 0.6) is 0 Å². The SMILES string of the molecule is c1ccc(-c2ccc(N(c3ccc(-c4ccc5ccccc5c4)cc3)c3ccc(-n4c5cc6c(cc5c5c7ccccc7ccc54)c4ccccc4n6-c4ccccc4)cc3)cc2)cc1.c1ccc(N(c2ccc(-c3ccc(-n4c5cc6c(cc5c5c7ccccc7ccc54)c4ccccc4n6-c4ccccc4)cc3)cc2)c2ccc(-c3ccc4ccccc4c3)cc2)cc1. The summed E-state index contributed by atoms with van der Waals surface area (Å²) in [6, 6.07) is 181. The lowest BCUT2D eigenvalue weighted by Gasteiger charge is -2.26. The van der Waals surface area contributed by atoms with Crippen LogP contribution in [0.15, 0.2) is 497 Å². The molecule has 0 aliphatic carbocycles. The number of benzene rings is 22. The first-order valence-electron chi connectivity index (χ1n) is 44.7. The van der Waals surface area contributed by atoms with Crippen LogP contribution in [0.3, 0.4) is 0 Å². The van der Waals surface area contributed by atoms with E-state index in [4.69, 9.17) is 0 Å². The van der Waals surface area contributed by atoms with E-state index in [1.165, 1.54) is 175 Å². The number of anilines is 6. The van der Waals surface area contributed by atoms with E-state index < -0.39 is 0 Å². The van der Waals surface area contributed by atoms with Gasteiger partial charge in [-0.1, -0.05) is 315 Å². The minimum Gasteiger partial charge on any atom is -0.311 e. The van der Waals surface area contributed by atoms with E-state index in [2.05, 4.69) is 526 Å². The number of rotatable bonds is 14. The van der Waals surface area contributed by atoms with Gasteiger partial charge in [0.1, 0.15) is 0 Å². The molecule has 0 aliphatic rings. The fourth-order valence-corrected chi connectivity index (χ4v) is 20.4. The van der Waals surface area contributed by atoms with E-state index in [1.54, 1.807) is 0 Å². The van der Waals surface area contributed by atoms with Crippen molar-refractivity contribution in [2.45, 2.75) is 0 Å². The van der Waals surface area contributed by atoms with E-state index >= 15 is 0 Å². The predicted molar refractivity (Wildman–Crippen MR) is 551 cm³/mol. The van der Waals surface area contributed by atoms with Crippen molar-refractivity contribution in [2.24, 2.45) is 0 Å². The van der Waals surface area contributed by atoms with Crippen LogP contribution in [-0.2, 0) is 0 Å². The summed E-state index contributed by atoms with van der Waals surface area (Å²) < 4.78 is 9.75. The van der Waals surface area contributed by atoms with Crippen LogP contribution < -0.4 is 9.80 Å². The van der Waals surface area contributed by atoms with Crippen LogP contribution in [0, 0.1) is 0 Å². The van der Waals surface area contributed by atoms with E-state index in [9.17, 15) is 0 Å². The Bertz CT molecular complexity index is 8840. The Morgan fingerprint density at radius 3 is 0.777 bits per heavy atom. The summed E-state index contributed by atoms with van der Waals surface area (Å²) in [6.45, 7) is 0. The maximum absolute atomic E-state index is 2.46. The number of aromatic nitrogens is 4. The quantitative estimate of drug-likeness (QED) is 0.108. The fourth-order valence-electron chi connectivity index (χ4n) is 20.4. The van der Waals surface area contributed by atoms with Gasteiger partial charge in [0.2, 0.25) is 0 Å². The van der Waals surface area contributed by atoms with Crippen LogP contribution in [-0.4, -0.2) is 18.3 Å². The number of hydrogen-bond donors (Lipinski definition) is 0. The Balaban J connectivity index is 0.000000140. The Hall–Kier alpha value is -17.3.